The Balaban J connectivity index is 1.54. The Morgan fingerprint density at radius 1 is 0.941 bits per heavy atom. The Kier molecular flexibility index (Phi) is 5.67. The topological polar surface area (TPSA) is 60.1 Å². The lowest BCUT2D eigenvalue weighted by molar-refractivity contribution is -0.131. The van der Waals surface area contributed by atoms with E-state index in [4.69, 9.17) is 0 Å². The highest BCUT2D eigenvalue weighted by Crippen LogP contribution is 2.27. The van der Waals surface area contributed by atoms with Crippen molar-refractivity contribution in [1.82, 2.24) is 19.2 Å². The number of benzene rings is 3. The van der Waals surface area contributed by atoms with Gasteiger partial charge in [-0.25, -0.2) is 9.07 Å². The Hall–Kier alpha value is -4.26. The first-order valence-electron chi connectivity index (χ1n) is 11.0. The molecule has 0 radical (unpaired) electrons. The van der Waals surface area contributed by atoms with E-state index < -0.39 is 0 Å². The number of nitrogens with zero attached hydrogens (tertiary/aromatic N) is 4. The highest BCUT2D eigenvalue weighted by Gasteiger charge is 2.19. The molecule has 0 atom stereocenters. The van der Waals surface area contributed by atoms with Crippen LogP contribution in [0.15, 0.2) is 89.9 Å². The summed E-state index contributed by atoms with van der Waals surface area (Å²) in [6, 6.07) is 23.8. The molecular formula is C27H23FN4O2. The minimum atomic E-state index is -0.383. The SMILES string of the molecule is CN(Cc1ccccc1)C(=O)Cn1ncc2c3ccccc3n(Cc3ccccc3F)c2c1=O. The van der Waals surface area contributed by atoms with Crippen molar-refractivity contribution < 1.29 is 9.18 Å². The number of halogens is 1. The molecule has 0 aliphatic heterocycles. The van der Waals surface area contributed by atoms with Gasteiger partial charge in [-0.15, -0.1) is 0 Å². The van der Waals surface area contributed by atoms with Gasteiger partial charge in [-0.2, -0.15) is 5.10 Å². The number of carbonyl (C=O) groups is 1. The van der Waals surface area contributed by atoms with Gasteiger partial charge in [-0.3, -0.25) is 9.59 Å². The van der Waals surface area contributed by atoms with Crippen molar-refractivity contribution in [3.63, 3.8) is 0 Å². The van der Waals surface area contributed by atoms with Crippen LogP contribution in [0.4, 0.5) is 4.39 Å². The zero-order chi connectivity index (χ0) is 23.7. The molecule has 0 bridgehead atoms. The van der Waals surface area contributed by atoms with Gasteiger partial charge < -0.3 is 9.47 Å². The van der Waals surface area contributed by atoms with E-state index in [0.29, 0.717) is 23.0 Å². The first-order chi connectivity index (χ1) is 16.5. The number of para-hydroxylation sites is 1. The smallest absolute Gasteiger partial charge is 0.291 e. The standard InChI is InChI=1S/C27H23FN4O2/c1-30(16-19-9-3-2-4-10-19)25(33)18-32-27(34)26-22(15-29-32)21-12-6-8-14-24(21)31(26)17-20-11-5-7-13-23(20)28/h2-15H,16-18H2,1H3. The van der Waals surface area contributed by atoms with Crippen LogP contribution in [0.3, 0.4) is 0 Å². The number of hydrogen-bond donors (Lipinski definition) is 0. The van der Waals surface area contributed by atoms with Gasteiger partial charge in [0.15, 0.2) is 0 Å². The average Bonchev–Trinajstić information content (AvgIpc) is 3.17. The van der Waals surface area contributed by atoms with Crippen molar-refractivity contribution >= 4 is 27.7 Å². The Labute approximate surface area is 195 Å². The Morgan fingerprint density at radius 3 is 2.44 bits per heavy atom. The van der Waals surface area contributed by atoms with Gasteiger partial charge in [-0.05, 0) is 17.7 Å². The summed E-state index contributed by atoms with van der Waals surface area (Å²) in [6.07, 6.45) is 1.61. The third-order valence-electron chi connectivity index (χ3n) is 6.03. The number of hydrogen-bond acceptors (Lipinski definition) is 3. The summed E-state index contributed by atoms with van der Waals surface area (Å²) in [5.41, 5.74) is 2.31. The molecule has 0 aliphatic carbocycles. The van der Waals surface area contributed by atoms with Gasteiger partial charge in [0.05, 0.1) is 12.7 Å². The number of fused-ring (bicyclic) bond motifs is 3. The minimum Gasteiger partial charge on any atom is -0.340 e. The first kappa shape index (κ1) is 21.6. The van der Waals surface area contributed by atoms with Gasteiger partial charge in [-0.1, -0.05) is 66.7 Å². The summed E-state index contributed by atoms with van der Waals surface area (Å²) in [4.78, 5) is 28.0. The van der Waals surface area contributed by atoms with Gasteiger partial charge in [0.2, 0.25) is 5.91 Å². The third-order valence-corrected chi connectivity index (χ3v) is 6.03. The van der Waals surface area contributed by atoms with E-state index in [2.05, 4.69) is 5.10 Å². The molecule has 34 heavy (non-hydrogen) atoms. The lowest BCUT2D eigenvalue weighted by Crippen LogP contribution is -2.35. The van der Waals surface area contributed by atoms with E-state index >= 15 is 0 Å². The summed E-state index contributed by atoms with van der Waals surface area (Å²) < 4.78 is 17.4. The number of likely N-dealkylation sites (N-methyl/N-ethyl adjacent to an activating group) is 1. The molecule has 7 heteroatoms. The molecule has 0 fully saturated rings. The third kappa shape index (κ3) is 3.96. The maximum atomic E-state index is 14.4. The van der Waals surface area contributed by atoms with E-state index in [-0.39, 0.29) is 30.4 Å². The quantitative estimate of drug-likeness (QED) is 0.386. The van der Waals surface area contributed by atoms with Crippen molar-refractivity contribution in [2.75, 3.05) is 7.05 Å². The molecule has 5 rings (SSSR count). The van der Waals surface area contributed by atoms with Gasteiger partial charge in [0.25, 0.3) is 5.56 Å². The van der Waals surface area contributed by atoms with Gasteiger partial charge >= 0.3 is 0 Å². The van der Waals surface area contributed by atoms with Gasteiger partial charge in [0, 0.05) is 35.4 Å². The van der Waals surface area contributed by atoms with Crippen molar-refractivity contribution in [3.05, 3.63) is 112 Å². The van der Waals surface area contributed by atoms with E-state index in [1.54, 1.807) is 36.3 Å². The first-order valence-corrected chi connectivity index (χ1v) is 11.0. The fourth-order valence-electron chi connectivity index (χ4n) is 4.26. The van der Waals surface area contributed by atoms with Crippen LogP contribution >= 0.6 is 0 Å². The van der Waals surface area contributed by atoms with Crippen LogP contribution in [0.25, 0.3) is 21.8 Å². The van der Waals surface area contributed by atoms with Gasteiger partial charge in [0.1, 0.15) is 17.9 Å². The van der Waals surface area contributed by atoms with E-state index in [1.807, 2.05) is 59.2 Å². The highest BCUT2D eigenvalue weighted by molar-refractivity contribution is 6.07. The highest BCUT2D eigenvalue weighted by atomic mass is 19.1. The van der Waals surface area contributed by atoms with Crippen molar-refractivity contribution in [1.29, 1.82) is 0 Å². The maximum Gasteiger partial charge on any atom is 0.291 e. The largest absolute Gasteiger partial charge is 0.340 e. The summed E-state index contributed by atoms with van der Waals surface area (Å²) >= 11 is 0. The fraction of sp³-hybridized carbons (Fsp3) is 0.148. The normalized spacial score (nSPS) is 11.2. The molecule has 5 aromatic rings. The summed E-state index contributed by atoms with van der Waals surface area (Å²) in [5.74, 6) is -0.560. The van der Waals surface area contributed by atoms with Crippen LogP contribution in [0.1, 0.15) is 11.1 Å². The van der Waals surface area contributed by atoms with Crippen LogP contribution in [0.2, 0.25) is 0 Å². The van der Waals surface area contributed by atoms with E-state index in [1.165, 1.54) is 10.7 Å². The molecule has 0 unspecified atom stereocenters. The zero-order valence-electron chi connectivity index (χ0n) is 18.7. The molecule has 6 nitrogen and oxygen atoms in total. The second-order valence-corrected chi connectivity index (χ2v) is 8.30. The molecule has 2 aromatic heterocycles. The molecule has 0 N–H and O–H groups in total. The van der Waals surface area contributed by atoms with Crippen LogP contribution < -0.4 is 5.56 Å². The number of carbonyl (C=O) groups excluding carboxylic acids is 1. The zero-order valence-corrected chi connectivity index (χ0v) is 18.7. The fourth-order valence-corrected chi connectivity index (χ4v) is 4.26. The van der Waals surface area contributed by atoms with E-state index in [9.17, 15) is 14.0 Å². The van der Waals surface area contributed by atoms with Crippen molar-refractivity contribution in [2.24, 2.45) is 0 Å². The van der Waals surface area contributed by atoms with Crippen LogP contribution in [0, 0.1) is 5.82 Å². The molecule has 3 aromatic carbocycles. The number of amides is 1. The molecule has 0 aliphatic rings. The number of aromatic nitrogens is 3. The molecule has 0 saturated carbocycles. The molecule has 0 spiro atoms. The monoisotopic (exact) mass is 454 g/mol. The van der Waals surface area contributed by atoms with E-state index in [0.717, 1.165) is 16.5 Å². The Morgan fingerprint density at radius 2 is 1.65 bits per heavy atom. The molecule has 170 valence electrons. The van der Waals surface area contributed by atoms with Crippen LogP contribution in [-0.2, 0) is 24.4 Å². The number of rotatable bonds is 6. The van der Waals surface area contributed by atoms with Crippen molar-refractivity contribution in [3.8, 4) is 0 Å². The Bertz CT molecular complexity index is 1560. The second kappa shape index (κ2) is 8.94. The molecule has 2 heterocycles. The minimum absolute atomic E-state index is 0.181. The molecule has 1 amide bonds. The molecular weight excluding hydrogens is 431 g/mol. The summed E-state index contributed by atoms with van der Waals surface area (Å²) in [6.45, 7) is 0.446. The summed E-state index contributed by atoms with van der Waals surface area (Å²) in [7, 11) is 1.70. The van der Waals surface area contributed by atoms with Crippen LogP contribution in [-0.4, -0.2) is 32.2 Å². The maximum absolute atomic E-state index is 14.4. The second-order valence-electron chi connectivity index (χ2n) is 8.30. The lowest BCUT2D eigenvalue weighted by Gasteiger charge is -2.17. The predicted octanol–water partition coefficient (Wildman–Crippen LogP) is 4.20. The van der Waals surface area contributed by atoms with Crippen molar-refractivity contribution in [2.45, 2.75) is 19.6 Å². The van der Waals surface area contributed by atoms with Crippen LogP contribution in [0.5, 0.6) is 0 Å². The lowest BCUT2D eigenvalue weighted by atomic mass is 10.2. The summed E-state index contributed by atoms with van der Waals surface area (Å²) in [5, 5.41) is 5.83. The molecule has 0 saturated heterocycles. The average molecular weight is 455 g/mol. The predicted molar refractivity (Wildman–Crippen MR) is 130 cm³/mol.